The average Bonchev–Trinajstić information content (AvgIpc) is 2.76. The van der Waals surface area contributed by atoms with Crippen molar-refractivity contribution < 1.29 is 0 Å². The number of hydrogen-bond donors (Lipinski definition) is 1. The molecule has 0 aliphatic heterocycles. The molecule has 2 N–H and O–H groups in total. The van der Waals surface area contributed by atoms with Gasteiger partial charge >= 0.3 is 0 Å². The van der Waals surface area contributed by atoms with E-state index in [2.05, 4.69) is 15.2 Å². The summed E-state index contributed by atoms with van der Waals surface area (Å²) in [7, 11) is 0. The predicted molar refractivity (Wildman–Crippen MR) is 64.4 cm³/mol. The molecular formula is C12H11N5. The molecule has 17 heavy (non-hydrogen) atoms. The minimum Gasteiger partial charge on any atom is -0.399 e. The molecule has 84 valence electrons. The third kappa shape index (κ3) is 1.82. The molecule has 0 atom stereocenters. The van der Waals surface area contributed by atoms with E-state index < -0.39 is 0 Å². The second-order valence-electron chi connectivity index (χ2n) is 3.84. The maximum absolute atomic E-state index is 5.65. The highest BCUT2D eigenvalue weighted by atomic mass is 15.2. The maximum Gasteiger partial charge on any atom is 0.179 e. The van der Waals surface area contributed by atoms with Crippen LogP contribution in [0, 0.1) is 0 Å². The van der Waals surface area contributed by atoms with Gasteiger partial charge in [0.25, 0.3) is 0 Å². The fourth-order valence-electron chi connectivity index (χ4n) is 1.74. The van der Waals surface area contributed by atoms with Gasteiger partial charge in [-0.25, -0.2) is 0 Å². The van der Waals surface area contributed by atoms with Crippen LogP contribution in [-0.4, -0.2) is 19.6 Å². The molecule has 3 aromatic rings. The summed E-state index contributed by atoms with van der Waals surface area (Å²) >= 11 is 0. The molecule has 0 unspecified atom stereocenters. The van der Waals surface area contributed by atoms with E-state index in [-0.39, 0.29) is 0 Å². The molecule has 5 nitrogen and oxygen atoms in total. The van der Waals surface area contributed by atoms with Crippen LogP contribution in [0.2, 0.25) is 0 Å². The number of fused-ring (bicyclic) bond motifs is 1. The summed E-state index contributed by atoms with van der Waals surface area (Å²) in [5.41, 5.74) is 8.34. The van der Waals surface area contributed by atoms with Gasteiger partial charge in [0.05, 0.1) is 6.20 Å². The molecule has 0 saturated heterocycles. The summed E-state index contributed by atoms with van der Waals surface area (Å²) in [4.78, 5) is 4.00. The van der Waals surface area contributed by atoms with Crippen LogP contribution >= 0.6 is 0 Å². The first-order valence-corrected chi connectivity index (χ1v) is 5.31. The van der Waals surface area contributed by atoms with E-state index in [1.54, 1.807) is 12.4 Å². The van der Waals surface area contributed by atoms with Crippen molar-refractivity contribution in [1.29, 1.82) is 0 Å². The van der Waals surface area contributed by atoms with E-state index in [0.29, 0.717) is 0 Å². The number of nitrogen functional groups attached to an aromatic ring is 1. The minimum atomic E-state index is 0.728. The summed E-state index contributed by atoms with van der Waals surface area (Å²) in [5.74, 6) is 0.896. The Bertz CT molecular complexity index is 641. The average molecular weight is 225 g/mol. The van der Waals surface area contributed by atoms with Crippen LogP contribution < -0.4 is 5.73 Å². The van der Waals surface area contributed by atoms with Gasteiger partial charge in [0, 0.05) is 24.5 Å². The van der Waals surface area contributed by atoms with E-state index in [4.69, 9.17) is 5.73 Å². The fraction of sp³-hybridized carbons (Fsp3) is 0.0833. The first-order chi connectivity index (χ1) is 8.33. The van der Waals surface area contributed by atoms with Gasteiger partial charge in [-0.3, -0.25) is 9.38 Å². The lowest BCUT2D eigenvalue weighted by molar-refractivity contribution is 0.931. The standard InChI is InChI=1S/C12H11N5/c13-10-3-1-9(2-4-10)7-11-15-16-12-8-14-5-6-17(11)12/h1-6,8H,7,13H2. The molecule has 0 spiro atoms. The zero-order chi connectivity index (χ0) is 11.7. The van der Waals surface area contributed by atoms with Gasteiger partial charge in [-0.15, -0.1) is 10.2 Å². The quantitative estimate of drug-likeness (QED) is 0.667. The Kier molecular flexibility index (Phi) is 2.22. The molecule has 0 radical (unpaired) electrons. The third-order valence-electron chi connectivity index (χ3n) is 2.63. The van der Waals surface area contributed by atoms with Gasteiger partial charge in [0.15, 0.2) is 5.65 Å². The highest BCUT2D eigenvalue weighted by Gasteiger charge is 2.05. The summed E-state index contributed by atoms with van der Waals surface area (Å²) in [6.45, 7) is 0. The first-order valence-electron chi connectivity index (χ1n) is 5.31. The van der Waals surface area contributed by atoms with Crippen LogP contribution in [0.4, 0.5) is 5.69 Å². The third-order valence-corrected chi connectivity index (χ3v) is 2.63. The van der Waals surface area contributed by atoms with Gasteiger partial charge in [-0.2, -0.15) is 0 Å². The van der Waals surface area contributed by atoms with E-state index in [1.807, 2.05) is 34.9 Å². The van der Waals surface area contributed by atoms with Crippen molar-refractivity contribution in [2.75, 3.05) is 5.73 Å². The van der Waals surface area contributed by atoms with Gasteiger partial charge in [-0.05, 0) is 17.7 Å². The van der Waals surface area contributed by atoms with E-state index in [9.17, 15) is 0 Å². The van der Waals surface area contributed by atoms with Crippen molar-refractivity contribution in [3.63, 3.8) is 0 Å². The zero-order valence-electron chi connectivity index (χ0n) is 9.11. The molecule has 3 rings (SSSR count). The van der Waals surface area contributed by atoms with Crippen molar-refractivity contribution in [2.45, 2.75) is 6.42 Å². The van der Waals surface area contributed by atoms with Gasteiger partial charge in [0.1, 0.15) is 5.82 Å². The summed E-state index contributed by atoms with van der Waals surface area (Å²) in [6, 6.07) is 7.77. The molecule has 1 aromatic carbocycles. The number of anilines is 1. The zero-order valence-corrected chi connectivity index (χ0v) is 9.11. The highest BCUT2D eigenvalue weighted by molar-refractivity contribution is 5.40. The number of hydrogen-bond acceptors (Lipinski definition) is 4. The minimum absolute atomic E-state index is 0.728. The van der Waals surface area contributed by atoms with Crippen molar-refractivity contribution >= 4 is 11.3 Å². The molecule has 0 aliphatic carbocycles. The smallest absolute Gasteiger partial charge is 0.179 e. The number of benzene rings is 1. The van der Waals surface area contributed by atoms with Crippen LogP contribution in [0.15, 0.2) is 42.9 Å². The van der Waals surface area contributed by atoms with Crippen molar-refractivity contribution in [3.8, 4) is 0 Å². The SMILES string of the molecule is Nc1ccc(Cc2nnc3cnccn23)cc1. The Balaban J connectivity index is 1.97. The summed E-state index contributed by atoms with van der Waals surface area (Å²) in [5, 5.41) is 8.21. The maximum atomic E-state index is 5.65. The lowest BCUT2D eigenvalue weighted by Gasteiger charge is -2.00. The summed E-state index contributed by atoms with van der Waals surface area (Å²) in [6.07, 6.45) is 6.01. The largest absolute Gasteiger partial charge is 0.399 e. The Labute approximate surface area is 97.9 Å². The Morgan fingerprint density at radius 2 is 1.94 bits per heavy atom. The molecule has 0 aliphatic rings. The number of nitrogens with zero attached hydrogens (tertiary/aromatic N) is 4. The molecule has 5 heteroatoms. The molecule has 0 bridgehead atoms. The first kappa shape index (κ1) is 9.77. The van der Waals surface area contributed by atoms with E-state index in [0.717, 1.165) is 29.1 Å². The Morgan fingerprint density at radius 1 is 1.12 bits per heavy atom. The van der Waals surface area contributed by atoms with Gasteiger partial charge in [0.2, 0.25) is 0 Å². The van der Waals surface area contributed by atoms with Crippen molar-refractivity contribution in [3.05, 3.63) is 54.2 Å². The van der Waals surface area contributed by atoms with Crippen LogP contribution in [0.1, 0.15) is 11.4 Å². The molecule has 0 saturated carbocycles. The molecule has 0 amide bonds. The predicted octanol–water partition coefficient (Wildman–Crippen LogP) is 1.30. The van der Waals surface area contributed by atoms with Gasteiger partial charge in [-0.1, -0.05) is 12.1 Å². The Morgan fingerprint density at radius 3 is 2.76 bits per heavy atom. The van der Waals surface area contributed by atoms with Crippen LogP contribution in [-0.2, 0) is 6.42 Å². The lowest BCUT2D eigenvalue weighted by Crippen LogP contribution is -1.96. The van der Waals surface area contributed by atoms with Crippen LogP contribution in [0.5, 0.6) is 0 Å². The van der Waals surface area contributed by atoms with Crippen LogP contribution in [0.3, 0.4) is 0 Å². The number of aromatic nitrogens is 4. The van der Waals surface area contributed by atoms with Crippen LogP contribution in [0.25, 0.3) is 5.65 Å². The van der Waals surface area contributed by atoms with Gasteiger partial charge < -0.3 is 5.73 Å². The normalized spacial score (nSPS) is 10.8. The second-order valence-corrected chi connectivity index (χ2v) is 3.84. The molecule has 2 heterocycles. The Hall–Kier alpha value is -2.43. The van der Waals surface area contributed by atoms with E-state index in [1.165, 1.54) is 0 Å². The van der Waals surface area contributed by atoms with Crippen molar-refractivity contribution in [2.24, 2.45) is 0 Å². The second kappa shape index (κ2) is 3.86. The molecule has 0 fully saturated rings. The van der Waals surface area contributed by atoms with Crippen molar-refractivity contribution in [1.82, 2.24) is 19.6 Å². The molecular weight excluding hydrogens is 214 g/mol. The fourth-order valence-corrected chi connectivity index (χ4v) is 1.74. The van der Waals surface area contributed by atoms with E-state index >= 15 is 0 Å². The highest BCUT2D eigenvalue weighted by Crippen LogP contribution is 2.11. The summed E-state index contributed by atoms with van der Waals surface area (Å²) < 4.78 is 1.93. The lowest BCUT2D eigenvalue weighted by atomic mass is 10.1. The monoisotopic (exact) mass is 225 g/mol. The number of nitrogens with two attached hydrogens (primary N) is 1. The number of rotatable bonds is 2. The molecule has 2 aromatic heterocycles. The topological polar surface area (TPSA) is 69.1 Å².